The fourth-order valence-corrected chi connectivity index (χ4v) is 2.76. The zero-order chi connectivity index (χ0) is 19.4. The summed E-state index contributed by atoms with van der Waals surface area (Å²) in [7, 11) is 1.24. The van der Waals surface area contributed by atoms with Gasteiger partial charge in [0.15, 0.2) is 5.75 Å². The van der Waals surface area contributed by atoms with E-state index in [-0.39, 0.29) is 29.5 Å². The Morgan fingerprint density at radius 3 is 2.62 bits per heavy atom. The summed E-state index contributed by atoms with van der Waals surface area (Å²) in [5.41, 5.74) is 0.767. The predicted octanol–water partition coefficient (Wildman–Crippen LogP) is 2.43. The van der Waals surface area contributed by atoms with E-state index in [1.807, 2.05) is 13.8 Å². The molecule has 0 spiro atoms. The number of allylic oxidation sites excluding steroid dienone is 1. The van der Waals surface area contributed by atoms with Gasteiger partial charge < -0.3 is 20.1 Å². The van der Waals surface area contributed by atoms with Gasteiger partial charge >= 0.3 is 17.7 Å². The smallest absolute Gasteiger partial charge is 0.337 e. The minimum atomic E-state index is -0.872. The molecular weight excluding hydrogens is 342 g/mol. The van der Waals surface area contributed by atoms with Gasteiger partial charge in [-0.25, -0.2) is 9.59 Å². The third-order valence-corrected chi connectivity index (χ3v) is 3.90. The number of hydrogen-bond donors (Lipinski definition) is 2. The van der Waals surface area contributed by atoms with Crippen LogP contribution in [0.1, 0.15) is 32.4 Å². The van der Waals surface area contributed by atoms with Gasteiger partial charge in [-0.15, -0.1) is 0 Å². The minimum absolute atomic E-state index is 0.120. The van der Waals surface area contributed by atoms with E-state index in [4.69, 9.17) is 9.47 Å². The second-order valence-corrected chi connectivity index (χ2v) is 5.92. The normalized spacial score (nSPS) is 16.8. The van der Waals surface area contributed by atoms with Crippen LogP contribution in [0, 0.1) is 16.0 Å². The molecule has 1 aromatic rings. The summed E-state index contributed by atoms with van der Waals surface area (Å²) < 4.78 is 10.1. The van der Waals surface area contributed by atoms with E-state index in [0.29, 0.717) is 11.3 Å². The van der Waals surface area contributed by atoms with Gasteiger partial charge in [0.1, 0.15) is 0 Å². The summed E-state index contributed by atoms with van der Waals surface area (Å²) >= 11 is 0. The van der Waals surface area contributed by atoms with Crippen molar-refractivity contribution < 1.29 is 24.0 Å². The molecule has 0 saturated heterocycles. The molecule has 2 amide bonds. The number of nitro benzene ring substituents is 1. The van der Waals surface area contributed by atoms with Crippen LogP contribution in [0.15, 0.2) is 29.5 Å². The molecule has 2 rings (SSSR count). The summed E-state index contributed by atoms with van der Waals surface area (Å²) in [5, 5.41) is 16.6. The zero-order valence-corrected chi connectivity index (χ0v) is 15.0. The number of esters is 1. The van der Waals surface area contributed by atoms with Gasteiger partial charge in [-0.05, 0) is 24.5 Å². The van der Waals surface area contributed by atoms with Crippen LogP contribution in [-0.2, 0) is 9.53 Å². The molecule has 9 heteroatoms. The number of amides is 2. The third kappa shape index (κ3) is 3.76. The molecule has 1 atom stereocenters. The quantitative estimate of drug-likeness (QED) is 0.455. The highest BCUT2D eigenvalue weighted by atomic mass is 16.6. The number of carbonyl (C=O) groups excluding carboxylic acids is 2. The van der Waals surface area contributed by atoms with Gasteiger partial charge in [0.05, 0.1) is 30.3 Å². The standard InChI is InChI=1S/C17H21N3O6/c1-5-26-12-7-6-10(8-11(12)20(23)24)15-13(16(21)25-4)14(9(2)3)18-17(22)19-15/h6-9,15H,5H2,1-4H3,(H2,18,19,22). The molecule has 140 valence electrons. The Balaban J connectivity index is 2.61. The Bertz CT molecular complexity index is 772. The lowest BCUT2D eigenvalue weighted by Crippen LogP contribution is -2.47. The fourth-order valence-electron chi connectivity index (χ4n) is 2.76. The van der Waals surface area contributed by atoms with Crippen LogP contribution in [0.4, 0.5) is 10.5 Å². The van der Waals surface area contributed by atoms with Crippen molar-refractivity contribution in [2.45, 2.75) is 26.8 Å². The Labute approximate surface area is 150 Å². The Hall–Kier alpha value is -3.10. The number of nitrogens with one attached hydrogen (secondary N) is 2. The Morgan fingerprint density at radius 2 is 2.08 bits per heavy atom. The number of nitrogens with zero attached hydrogens (tertiary/aromatic N) is 1. The maximum atomic E-state index is 12.3. The maximum Gasteiger partial charge on any atom is 0.337 e. The molecule has 1 aromatic carbocycles. The van der Waals surface area contributed by atoms with E-state index in [2.05, 4.69) is 10.6 Å². The van der Waals surface area contributed by atoms with Crippen LogP contribution < -0.4 is 15.4 Å². The zero-order valence-electron chi connectivity index (χ0n) is 15.0. The Kier molecular flexibility index (Phi) is 5.81. The van der Waals surface area contributed by atoms with Gasteiger partial charge in [-0.3, -0.25) is 10.1 Å². The summed E-state index contributed by atoms with van der Waals surface area (Å²) in [6.07, 6.45) is 0. The molecule has 26 heavy (non-hydrogen) atoms. The number of ether oxygens (including phenoxy) is 2. The summed E-state index contributed by atoms with van der Waals surface area (Å²) in [5.74, 6) is -0.660. The van der Waals surface area contributed by atoms with Crippen LogP contribution in [0.3, 0.4) is 0 Å². The number of methoxy groups -OCH3 is 1. The molecule has 0 aliphatic carbocycles. The first-order valence-corrected chi connectivity index (χ1v) is 8.11. The van der Waals surface area contributed by atoms with Crippen LogP contribution in [-0.4, -0.2) is 30.6 Å². The van der Waals surface area contributed by atoms with E-state index >= 15 is 0 Å². The van der Waals surface area contributed by atoms with Crippen molar-refractivity contribution in [1.82, 2.24) is 10.6 Å². The molecule has 1 unspecified atom stereocenters. The lowest BCUT2D eigenvalue weighted by molar-refractivity contribution is -0.385. The predicted molar refractivity (Wildman–Crippen MR) is 92.6 cm³/mol. The first kappa shape index (κ1) is 19.2. The van der Waals surface area contributed by atoms with Crippen molar-refractivity contribution in [2.24, 2.45) is 5.92 Å². The fraction of sp³-hybridized carbons (Fsp3) is 0.412. The molecule has 9 nitrogen and oxygen atoms in total. The van der Waals surface area contributed by atoms with Crippen molar-refractivity contribution >= 4 is 17.7 Å². The molecule has 1 aliphatic rings. The third-order valence-electron chi connectivity index (χ3n) is 3.90. The van der Waals surface area contributed by atoms with Crippen LogP contribution in [0.2, 0.25) is 0 Å². The van der Waals surface area contributed by atoms with Gasteiger partial charge in [-0.2, -0.15) is 0 Å². The summed E-state index contributed by atoms with van der Waals surface area (Å²) in [4.78, 5) is 35.2. The van der Waals surface area contributed by atoms with Gasteiger partial charge in [0, 0.05) is 11.8 Å². The van der Waals surface area contributed by atoms with E-state index in [1.165, 1.54) is 19.2 Å². The molecular formula is C17H21N3O6. The van der Waals surface area contributed by atoms with E-state index in [0.717, 1.165) is 0 Å². The molecule has 0 bridgehead atoms. The SMILES string of the molecule is CCOc1ccc(C2NC(=O)NC(C(C)C)=C2C(=O)OC)cc1[N+](=O)[O-]. The van der Waals surface area contributed by atoms with Crippen molar-refractivity contribution in [3.05, 3.63) is 45.1 Å². The average Bonchev–Trinajstić information content (AvgIpc) is 2.60. The molecule has 0 radical (unpaired) electrons. The lowest BCUT2D eigenvalue weighted by Gasteiger charge is -2.30. The van der Waals surface area contributed by atoms with E-state index in [9.17, 15) is 19.7 Å². The van der Waals surface area contributed by atoms with Crippen molar-refractivity contribution in [3.63, 3.8) is 0 Å². The molecule has 1 aliphatic heterocycles. The topological polar surface area (TPSA) is 120 Å². The second-order valence-electron chi connectivity index (χ2n) is 5.92. The number of rotatable bonds is 6. The first-order chi connectivity index (χ1) is 12.3. The van der Waals surface area contributed by atoms with Crippen LogP contribution in [0.25, 0.3) is 0 Å². The lowest BCUT2D eigenvalue weighted by atomic mass is 9.91. The molecule has 0 saturated carbocycles. The summed E-state index contributed by atoms with van der Waals surface area (Å²) in [6, 6.07) is 2.96. The molecule has 0 fully saturated rings. The number of carbonyl (C=O) groups is 2. The molecule has 1 heterocycles. The number of hydrogen-bond acceptors (Lipinski definition) is 6. The van der Waals surface area contributed by atoms with Crippen LogP contribution in [0.5, 0.6) is 5.75 Å². The number of urea groups is 1. The van der Waals surface area contributed by atoms with Crippen molar-refractivity contribution in [1.29, 1.82) is 0 Å². The molecule has 0 aromatic heterocycles. The van der Waals surface area contributed by atoms with Gasteiger partial charge in [0.2, 0.25) is 0 Å². The largest absolute Gasteiger partial charge is 0.487 e. The highest BCUT2D eigenvalue weighted by Gasteiger charge is 2.35. The first-order valence-electron chi connectivity index (χ1n) is 8.11. The molecule has 2 N–H and O–H groups in total. The average molecular weight is 363 g/mol. The van der Waals surface area contributed by atoms with Crippen LogP contribution >= 0.6 is 0 Å². The van der Waals surface area contributed by atoms with Gasteiger partial charge in [0.25, 0.3) is 0 Å². The minimum Gasteiger partial charge on any atom is -0.487 e. The van der Waals surface area contributed by atoms with Crippen molar-refractivity contribution in [2.75, 3.05) is 13.7 Å². The second kappa shape index (κ2) is 7.85. The van der Waals surface area contributed by atoms with E-state index in [1.54, 1.807) is 13.0 Å². The Morgan fingerprint density at radius 1 is 1.38 bits per heavy atom. The summed E-state index contributed by atoms with van der Waals surface area (Å²) in [6.45, 7) is 5.63. The maximum absolute atomic E-state index is 12.3. The number of nitro groups is 1. The van der Waals surface area contributed by atoms with E-state index < -0.39 is 23.0 Å². The van der Waals surface area contributed by atoms with Crippen molar-refractivity contribution in [3.8, 4) is 5.75 Å². The van der Waals surface area contributed by atoms with Gasteiger partial charge in [-0.1, -0.05) is 19.9 Å². The monoisotopic (exact) mass is 363 g/mol. The highest BCUT2D eigenvalue weighted by molar-refractivity contribution is 5.95. The highest BCUT2D eigenvalue weighted by Crippen LogP contribution is 2.35. The number of benzene rings is 1.